The van der Waals surface area contributed by atoms with Gasteiger partial charge < -0.3 is 14.7 Å². The summed E-state index contributed by atoms with van der Waals surface area (Å²) in [4.78, 5) is 2.19. The summed E-state index contributed by atoms with van der Waals surface area (Å²) in [5.41, 5.74) is 2.00. The first-order valence-corrected chi connectivity index (χ1v) is 7.72. The molecule has 0 saturated carbocycles. The molecule has 0 fully saturated rings. The molecule has 4 heteroatoms. The second-order valence-corrected chi connectivity index (χ2v) is 5.85. The highest BCUT2D eigenvalue weighted by atomic mass is 35.5. The number of hydrogen-bond donors (Lipinski definition) is 1. The van der Waals surface area contributed by atoms with Gasteiger partial charge in [0.1, 0.15) is 5.75 Å². The molecular weight excluding hydrogens is 298 g/mol. The van der Waals surface area contributed by atoms with Crippen molar-refractivity contribution in [3.8, 4) is 5.75 Å². The first kappa shape index (κ1) is 16.8. The van der Waals surface area contributed by atoms with Crippen molar-refractivity contribution in [2.24, 2.45) is 0 Å². The zero-order valence-corrected chi connectivity index (χ0v) is 13.8. The van der Waals surface area contributed by atoms with E-state index in [0.717, 1.165) is 18.7 Å². The Morgan fingerprint density at radius 2 is 1.91 bits per heavy atom. The lowest BCUT2D eigenvalue weighted by Gasteiger charge is -2.20. The van der Waals surface area contributed by atoms with Crippen LogP contribution in [0.3, 0.4) is 0 Å². The predicted octanol–water partition coefficient (Wildman–Crippen LogP) is 3.90. The minimum absolute atomic E-state index is 0.591. The molecule has 0 aliphatic carbocycles. The number of halogens is 1. The average molecular weight is 320 g/mol. The van der Waals surface area contributed by atoms with Gasteiger partial charge in [-0.2, -0.15) is 0 Å². The minimum atomic E-state index is -0.591. The van der Waals surface area contributed by atoms with Crippen LogP contribution in [0, 0.1) is 0 Å². The van der Waals surface area contributed by atoms with Crippen molar-refractivity contribution in [3.63, 3.8) is 0 Å². The van der Waals surface area contributed by atoms with Gasteiger partial charge in [0.25, 0.3) is 0 Å². The molecule has 0 aliphatic heterocycles. The first-order valence-electron chi connectivity index (χ1n) is 7.34. The second kappa shape index (κ2) is 8.18. The van der Waals surface area contributed by atoms with Gasteiger partial charge in [0.15, 0.2) is 0 Å². The highest BCUT2D eigenvalue weighted by Crippen LogP contribution is 2.30. The maximum atomic E-state index is 10.4. The van der Waals surface area contributed by atoms with Gasteiger partial charge in [0, 0.05) is 23.7 Å². The molecule has 2 rings (SSSR count). The minimum Gasteiger partial charge on any atom is -0.496 e. The third-order valence-electron chi connectivity index (χ3n) is 3.63. The van der Waals surface area contributed by atoms with E-state index in [9.17, 15) is 5.11 Å². The maximum Gasteiger partial charge on any atom is 0.124 e. The Bertz CT molecular complexity index is 589. The smallest absolute Gasteiger partial charge is 0.124 e. The van der Waals surface area contributed by atoms with Gasteiger partial charge in [-0.25, -0.2) is 0 Å². The van der Waals surface area contributed by atoms with Gasteiger partial charge in [-0.15, -0.1) is 0 Å². The summed E-state index contributed by atoms with van der Waals surface area (Å²) in [6.07, 6.45) is 0.0342. The lowest BCUT2D eigenvalue weighted by Crippen LogP contribution is -2.21. The Balaban J connectivity index is 1.92. The fourth-order valence-corrected chi connectivity index (χ4v) is 2.62. The summed E-state index contributed by atoms with van der Waals surface area (Å²) in [6, 6.07) is 15.6. The molecular formula is C18H22ClNO2. The van der Waals surface area contributed by atoms with Crippen molar-refractivity contribution in [2.75, 3.05) is 20.7 Å². The monoisotopic (exact) mass is 319 g/mol. The van der Waals surface area contributed by atoms with Gasteiger partial charge >= 0.3 is 0 Å². The Kier molecular flexibility index (Phi) is 6.25. The van der Waals surface area contributed by atoms with Crippen LogP contribution in [0.1, 0.15) is 23.7 Å². The first-order chi connectivity index (χ1) is 10.6. The van der Waals surface area contributed by atoms with Crippen LogP contribution >= 0.6 is 11.6 Å². The van der Waals surface area contributed by atoms with E-state index in [4.69, 9.17) is 16.3 Å². The maximum absolute atomic E-state index is 10.4. The van der Waals surface area contributed by atoms with Crippen LogP contribution in [0.15, 0.2) is 48.5 Å². The molecule has 2 aromatic rings. The number of methoxy groups -OCH3 is 1. The zero-order chi connectivity index (χ0) is 15.9. The molecule has 0 amide bonds. The van der Waals surface area contributed by atoms with E-state index < -0.39 is 6.10 Å². The molecule has 118 valence electrons. The number of aliphatic hydroxyl groups is 1. The van der Waals surface area contributed by atoms with E-state index in [1.165, 1.54) is 5.56 Å². The van der Waals surface area contributed by atoms with Crippen molar-refractivity contribution in [1.29, 1.82) is 0 Å². The Hall–Kier alpha value is -1.55. The van der Waals surface area contributed by atoms with Gasteiger partial charge in [-0.05, 0) is 37.2 Å². The standard InChI is InChI=1S/C18H22ClNO2/c1-20(13-14-6-4-3-5-7-14)11-10-17(21)16-12-15(19)8-9-18(16)22-2/h3-9,12,17,21H,10-11,13H2,1-2H3. The van der Waals surface area contributed by atoms with Gasteiger partial charge in [0.2, 0.25) is 0 Å². The fourth-order valence-electron chi connectivity index (χ4n) is 2.44. The van der Waals surface area contributed by atoms with Crippen molar-refractivity contribution in [3.05, 3.63) is 64.7 Å². The largest absolute Gasteiger partial charge is 0.496 e. The van der Waals surface area contributed by atoms with Crippen LogP contribution in [-0.2, 0) is 6.54 Å². The normalized spacial score (nSPS) is 12.4. The third-order valence-corrected chi connectivity index (χ3v) is 3.87. The topological polar surface area (TPSA) is 32.7 Å². The van der Waals surface area contributed by atoms with Crippen molar-refractivity contribution < 1.29 is 9.84 Å². The molecule has 1 unspecified atom stereocenters. The third kappa shape index (κ3) is 4.73. The van der Waals surface area contributed by atoms with Crippen molar-refractivity contribution in [2.45, 2.75) is 19.1 Å². The van der Waals surface area contributed by atoms with Crippen LogP contribution in [0.2, 0.25) is 5.02 Å². The number of benzene rings is 2. The molecule has 3 nitrogen and oxygen atoms in total. The molecule has 0 bridgehead atoms. The Labute approximate surface area is 137 Å². The van der Waals surface area contributed by atoms with E-state index in [1.807, 2.05) is 18.2 Å². The molecule has 1 N–H and O–H groups in total. The Morgan fingerprint density at radius 1 is 1.18 bits per heavy atom. The van der Waals surface area contributed by atoms with E-state index in [-0.39, 0.29) is 0 Å². The van der Waals surface area contributed by atoms with E-state index in [2.05, 4.69) is 24.1 Å². The zero-order valence-electron chi connectivity index (χ0n) is 13.0. The molecule has 0 saturated heterocycles. The SMILES string of the molecule is COc1ccc(Cl)cc1C(O)CCN(C)Cc1ccccc1. The number of hydrogen-bond acceptors (Lipinski definition) is 3. The van der Waals surface area contributed by atoms with Gasteiger partial charge in [-0.1, -0.05) is 41.9 Å². The molecule has 0 heterocycles. The summed E-state index contributed by atoms with van der Waals surface area (Å²) in [5, 5.41) is 11.0. The van der Waals surface area contributed by atoms with Gasteiger partial charge in [0.05, 0.1) is 13.2 Å². The molecule has 0 spiro atoms. The molecule has 1 atom stereocenters. The molecule has 22 heavy (non-hydrogen) atoms. The number of rotatable bonds is 7. The quantitative estimate of drug-likeness (QED) is 0.840. The Morgan fingerprint density at radius 3 is 2.59 bits per heavy atom. The second-order valence-electron chi connectivity index (χ2n) is 5.41. The number of ether oxygens (including phenoxy) is 1. The van der Waals surface area contributed by atoms with Crippen molar-refractivity contribution in [1.82, 2.24) is 4.90 Å². The lowest BCUT2D eigenvalue weighted by atomic mass is 10.0. The lowest BCUT2D eigenvalue weighted by molar-refractivity contribution is 0.144. The van der Waals surface area contributed by atoms with Crippen LogP contribution < -0.4 is 4.74 Å². The predicted molar refractivity (Wildman–Crippen MR) is 90.4 cm³/mol. The number of nitrogens with zero attached hydrogens (tertiary/aromatic N) is 1. The van der Waals surface area contributed by atoms with Crippen LogP contribution in [0.4, 0.5) is 0 Å². The summed E-state index contributed by atoms with van der Waals surface area (Å²) < 4.78 is 5.29. The average Bonchev–Trinajstić information content (AvgIpc) is 2.53. The molecule has 0 aromatic heterocycles. The van der Waals surface area contributed by atoms with E-state index in [0.29, 0.717) is 17.2 Å². The summed E-state index contributed by atoms with van der Waals surface area (Å²) in [5.74, 6) is 0.669. The summed E-state index contributed by atoms with van der Waals surface area (Å²) in [6.45, 7) is 1.64. The van der Waals surface area contributed by atoms with E-state index in [1.54, 1.807) is 25.3 Å². The van der Waals surface area contributed by atoms with Crippen LogP contribution in [-0.4, -0.2) is 30.7 Å². The van der Waals surface area contributed by atoms with Gasteiger partial charge in [-0.3, -0.25) is 0 Å². The summed E-state index contributed by atoms with van der Waals surface area (Å²) in [7, 11) is 3.65. The highest BCUT2D eigenvalue weighted by Gasteiger charge is 2.14. The summed E-state index contributed by atoms with van der Waals surface area (Å²) >= 11 is 6.01. The number of aliphatic hydroxyl groups excluding tert-OH is 1. The van der Waals surface area contributed by atoms with E-state index >= 15 is 0 Å². The van der Waals surface area contributed by atoms with Crippen LogP contribution in [0.25, 0.3) is 0 Å². The van der Waals surface area contributed by atoms with Crippen LogP contribution in [0.5, 0.6) is 5.75 Å². The molecule has 0 radical (unpaired) electrons. The van der Waals surface area contributed by atoms with Crippen molar-refractivity contribution >= 4 is 11.6 Å². The fraction of sp³-hybridized carbons (Fsp3) is 0.333. The molecule has 0 aliphatic rings. The molecule has 2 aromatic carbocycles. The highest BCUT2D eigenvalue weighted by molar-refractivity contribution is 6.30.